The molecule has 0 radical (unpaired) electrons. The first-order chi connectivity index (χ1) is 3.80. The number of allylic oxidation sites excluding steroid dienone is 2. The zero-order chi connectivity index (χ0) is 5.98. The van der Waals surface area contributed by atoms with Gasteiger partial charge in [-0.05, 0) is 0 Å². The summed E-state index contributed by atoms with van der Waals surface area (Å²) < 4.78 is 0. The van der Waals surface area contributed by atoms with Crippen LogP contribution in [0.3, 0.4) is 0 Å². The number of carbonyl (C=O) groups is 1. The van der Waals surface area contributed by atoms with E-state index in [1.165, 1.54) is 0 Å². The Kier molecular flexibility index (Phi) is 3.40. The van der Waals surface area contributed by atoms with Gasteiger partial charge in [-0.2, -0.15) is 0 Å². The molecule has 0 bridgehead atoms. The molecule has 2 nitrogen and oxygen atoms in total. The summed E-state index contributed by atoms with van der Waals surface area (Å²) in [5.41, 5.74) is 0. The normalized spacial score (nSPS) is 15.6. The second-order valence-corrected chi connectivity index (χ2v) is 1.63. The van der Waals surface area contributed by atoms with Crippen molar-refractivity contribution in [2.24, 2.45) is 5.92 Å². The Labute approximate surface area is 66.0 Å². The van der Waals surface area contributed by atoms with Crippen LogP contribution in [0.4, 0.5) is 0 Å². The van der Waals surface area contributed by atoms with Crippen molar-refractivity contribution < 1.29 is 29.4 Å². The summed E-state index contributed by atoms with van der Waals surface area (Å²) in [4.78, 5) is 10.1. The van der Waals surface area contributed by atoms with E-state index in [-0.39, 0.29) is 25.4 Å². The molecule has 0 aliphatic heterocycles. The monoisotopic (exact) mass is 212 g/mol. The summed E-state index contributed by atoms with van der Waals surface area (Å²) in [6.45, 7) is 0. The number of carboxylic acid groups (broad SMARTS) is 1. The van der Waals surface area contributed by atoms with Crippen LogP contribution in [-0.2, 0) is 24.3 Å². The van der Waals surface area contributed by atoms with Gasteiger partial charge in [0.25, 0.3) is 0 Å². The standard InChI is InChI=1S/C6H6O2.Ru/c7-6(8)5-3-1-2-4-5;/h1-5H,(H,7,8);. The number of hydrogen-bond acceptors (Lipinski definition) is 1. The van der Waals surface area contributed by atoms with Gasteiger partial charge in [-0.15, -0.1) is 0 Å². The molecule has 0 aromatic heterocycles. The van der Waals surface area contributed by atoms with E-state index in [2.05, 4.69) is 0 Å². The maximum absolute atomic E-state index is 10.1. The molecular formula is C6H6O2Ru. The van der Waals surface area contributed by atoms with Crippen LogP contribution < -0.4 is 0 Å². The SMILES string of the molecule is O=C(O)C1C=CC=C1.[Ru]. The molecule has 0 spiro atoms. The Bertz CT molecular complexity index is 148. The van der Waals surface area contributed by atoms with Crippen molar-refractivity contribution in [3.05, 3.63) is 24.3 Å². The van der Waals surface area contributed by atoms with Gasteiger partial charge >= 0.3 is 5.97 Å². The van der Waals surface area contributed by atoms with Crippen LogP contribution in [0.25, 0.3) is 0 Å². The van der Waals surface area contributed by atoms with E-state index in [0.29, 0.717) is 0 Å². The number of carboxylic acids is 1. The number of aliphatic carboxylic acids is 1. The van der Waals surface area contributed by atoms with Crippen LogP contribution in [-0.4, -0.2) is 11.1 Å². The second-order valence-electron chi connectivity index (χ2n) is 1.63. The Hall–Kier alpha value is -0.427. The zero-order valence-electron chi connectivity index (χ0n) is 4.60. The van der Waals surface area contributed by atoms with Gasteiger partial charge in [0.15, 0.2) is 0 Å². The molecule has 3 heteroatoms. The smallest absolute Gasteiger partial charge is 0.314 e. The molecule has 1 aliphatic carbocycles. The summed E-state index contributed by atoms with van der Waals surface area (Å²) in [6, 6.07) is 0. The van der Waals surface area contributed by atoms with Crippen molar-refractivity contribution in [1.29, 1.82) is 0 Å². The Balaban J connectivity index is 0.000000640. The first-order valence-electron chi connectivity index (χ1n) is 2.38. The molecular weight excluding hydrogens is 205 g/mol. The summed E-state index contributed by atoms with van der Waals surface area (Å²) in [7, 11) is 0. The minimum absolute atomic E-state index is 0. The van der Waals surface area contributed by atoms with Crippen molar-refractivity contribution in [2.75, 3.05) is 0 Å². The van der Waals surface area contributed by atoms with E-state index in [9.17, 15) is 4.79 Å². The Morgan fingerprint density at radius 2 is 1.78 bits per heavy atom. The third-order valence-electron chi connectivity index (χ3n) is 1.03. The topological polar surface area (TPSA) is 37.3 Å². The minimum atomic E-state index is -0.782. The third kappa shape index (κ3) is 2.10. The molecule has 0 unspecified atom stereocenters. The fourth-order valence-corrected chi connectivity index (χ4v) is 0.596. The maximum atomic E-state index is 10.1. The molecule has 0 aromatic rings. The summed E-state index contributed by atoms with van der Waals surface area (Å²) in [5.74, 6) is -1.16. The van der Waals surface area contributed by atoms with E-state index in [0.717, 1.165) is 0 Å². The Morgan fingerprint density at radius 1 is 1.33 bits per heavy atom. The van der Waals surface area contributed by atoms with Crippen LogP contribution >= 0.6 is 0 Å². The quantitative estimate of drug-likeness (QED) is 0.652. The molecule has 0 heterocycles. The van der Waals surface area contributed by atoms with Gasteiger partial charge in [0, 0.05) is 19.5 Å². The van der Waals surface area contributed by atoms with Crippen molar-refractivity contribution in [2.45, 2.75) is 0 Å². The molecule has 0 saturated heterocycles. The van der Waals surface area contributed by atoms with E-state index in [4.69, 9.17) is 5.11 Å². The van der Waals surface area contributed by atoms with Gasteiger partial charge in [-0.3, -0.25) is 4.79 Å². The molecule has 0 amide bonds. The summed E-state index contributed by atoms with van der Waals surface area (Å²) in [5, 5.41) is 8.31. The summed E-state index contributed by atoms with van der Waals surface area (Å²) in [6.07, 6.45) is 6.75. The first kappa shape index (κ1) is 8.57. The largest absolute Gasteiger partial charge is 0.481 e. The maximum Gasteiger partial charge on any atom is 0.314 e. The molecule has 1 aliphatic rings. The molecule has 50 valence electrons. The molecule has 1 rings (SSSR count). The van der Waals surface area contributed by atoms with Crippen molar-refractivity contribution in [3.8, 4) is 0 Å². The van der Waals surface area contributed by atoms with Gasteiger partial charge in [-0.25, -0.2) is 0 Å². The third-order valence-corrected chi connectivity index (χ3v) is 1.03. The van der Waals surface area contributed by atoms with Crippen molar-refractivity contribution in [3.63, 3.8) is 0 Å². The van der Waals surface area contributed by atoms with Crippen LogP contribution in [0.1, 0.15) is 0 Å². The number of hydrogen-bond donors (Lipinski definition) is 1. The minimum Gasteiger partial charge on any atom is -0.481 e. The van der Waals surface area contributed by atoms with Crippen LogP contribution in [0.2, 0.25) is 0 Å². The van der Waals surface area contributed by atoms with E-state index < -0.39 is 5.97 Å². The fourth-order valence-electron chi connectivity index (χ4n) is 0.596. The van der Waals surface area contributed by atoms with Gasteiger partial charge < -0.3 is 5.11 Å². The summed E-state index contributed by atoms with van der Waals surface area (Å²) >= 11 is 0. The molecule has 0 aromatic carbocycles. The fraction of sp³-hybridized carbons (Fsp3) is 0.167. The van der Waals surface area contributed by atoms with Gasteiger partial charge in [0.05, 0.1) is 5.92 Å². The van der Waals surface area contributed by atoms with Crippen LogP contribution in [0.15, 0.2) is 24.3 Å². The molecule has 0 atom stereocenters. The van der Waals surface area contributed by atoms with E-state index >= 15 is 0 Å². The average Bonchev–Trinajstić information content (AvgIpc) is 2.12. The van der Waals surface area contributed by atoms with E-state index in [1.54, 1.807) is 24.3 Å². The molecule has 0 fully saturated rings. The molecule has 9 heavy (non-hydrogen) atoms. The average molecular weight is 211 g/mol. The van der Waals surface area contributed by atoms with Gasteiger partial charge in [0.1, 0.15) is 0 Å². The Morgan fingerprint density at radius 3 is 2.00 bits per heavy atom. The zero-order valence-corrected chi connectivity index (χ0v) is 6.33. The first-order valence-corrected chi connectivity index (χ1v) is 2.38. The van der Waals surface area contributed by atoms with Crippen LogP contribution in [0.5, 0.6) is 0 Å². The number of rotatable bonds is 1. The molecule has 0 saturated carbocycles. The van der Waals surface area contributed by atoms with Crippen LogP contribution in [0, 0.1) is 5.92 Å². The van der Waals surface area contributed by atoms with Crippen molar-refractivity contribution in [1.82, 2.24) is 0 Å². The predicted molar refractivity (Wildman–Crippen MR) is 29.4 cm³/mol. The second kappa shape index (κ2) is 3.57. The predicted octanol–water partition coefficient (Wildman–Crippen LogP) is 0.811. The van der Waals surface area contributed by atoms with E-state index in [1.807, 2.05) is 0 Å². The van der Waals surface area contributed by atoms with Gasteiger partial charge in [0.2, 0.25) is 0 Å². The molecule has 1 N–H and O–H groups in total. The van der Waals surface area contributed by atoms with Gasteiger partial charge in [-0.1, -0.05) is 24.3 Å². The van der Waals surface area contributed by atoms with Crippen molar-refractivity contribution >= 4 is 5.97 Å².